The van der Waals surface area contributed by atoms with Crippen LogP contribution < -0.4 is 16.2 Å². The fourth-order valence-corrected chi connectivity index (χ4v) is 6.59. The van der Waals surface area contributed by atoms with E-state index in [1.165, 1.54) is 35.5 Å². The first kappa shape index (κ1) is 24.6. The third-order valence-electron chi connectivity index (χ3n) is 5.87. The number of nitrogens with zero attached hydrogens (tertiary/aromatic N) is 2. The number of nitrogens with one attached hydrogen (secondary N) is 1. The lowest BCUT2D eigenvalue weighted by Gasteiger charge is -2.26. The molecule has 1 fully saturated rings. The van der Waals surface area contributed by atoms with Crippen LogP contribution in [0.15, 0.2) is 52.7 Å². The molecule has 2 heterocycles. The van der Waals surface area contributed by atoms with Gasteiger partial charge in [-0.05, 0) is 47.5 Å². The summed E-state index contributed by atoms with van der Waals surface area (Å²) in [5.74, 6) is -0.754. The van der Waals surface area contributed by atoms with Gasteiger partial charge in [-0.3, -0.25) is 15.0 Å². The number of ether oxygens (including phenoxy) is 1. The number of methoxy groups -OCH3 is 1. The van der Waals surface area contributed by atoms with Crippen molar-refractivity contribution in [3.63, 3.8) is 0 Å². The molecule has 0 spiro atoms. The molecule has 0 aliphatic carbocycles. The van der Waals surface area contributed by atoms with Gasteiger partial charge in [-0.15, -0.1) is 11.3 Å². The summed E-state index contributed by atoms with van der Waals surface area (Å²) in [7, 11) is -2.71. The van der Waals surface area contributed by atoms with Crippen LogP contribution in [0.2, 0.25) is 0 Å². The largest absolute Gasteiger partial charge is 0.497 e. The normalized spacial score (nSPS) is 16.2. The maximum atomic E-state index is 13.6. The Bertz CT molecular complexity index is 1420. The average Bonchev–Trinajstić information content (AvgIpc) is 3.44. The maximum absolute atomic E-state index is 13.6. The Hall–Kier alpha value is -3.48. The quantitative estimate of drug-likeness (QED) is 0.289. The zero-order valence-electron chi connectivity index (χ0n) is 18.9. The summed E-state index contributed by atoms with van der Waals surface area (Å²) in [5.41, 5.74) is 11.5. The second-order valence-electron chi connectivity index (χ2n) is 8.17. The van der Waals surface area contributed by atoms with Gasteiger partial charge in [0.2, 0.25) is 21.8 Å². The van der Waals surface area contributed by atoms with Gasteiger partial charge in [0.15, 0.2) is 0 Å². The number of hydrogen-bond acceptors (Lipinski definition) is 7. The highest BCUT2D eigenvalue weighted by Gasteiger charge is 2.42. The van der Waals surface area contributed by atoms with Crippen molar-refractivity contribution in [1.82, 2.24) is 9.21 Å². The SMILES string of the molecule is COc1ccc2ccc(S(=O)(=O)N(CC(N)=O)[C@H]3CCN(Cc4cc(C(=N)N)cs4)C3=O)cc2c1. The summed E-state index contributed by atoms with van der Waals surface area (Å²) in [4.78, 5) is 27.4. The molecule has 2 amide bonds. The number of primary amides is 1. The Kier molecular flexibility index (Phi) is 6.79. The Labute approximate surface area is 206 Å². The van der Waals surface area contributed by atoms with E-state index in [-0.39, 0.29) is 23.7 Å². The van der Waals surface area contributed by atoms with E-state index in [1.54, 1.807) is 29.6 Å². The van der Waals surface area contributed by atoms with Crippen LogP contribution in [0.1, 0.15) is 16.9 Å². The van der Waals surface area contributed by atoms with E-state index >= 15 is 0 Å². The van der Waals surface area contributed by atoms with Crippen LogP contribution in [0.4, 0.5) is 0 Å². The lowest BCUT2D eigenvalue weighted by Crippen LogP contribution is -2.48. The number of benzene rings is 2. The van der Waals surface area contributed by atoms with E-state index in [0.29, 0.717) is 23.2 Å². The smallest absolute Gasteiger partial charge is 0.244 e. The lowest BCUT2D eigenvalue weighted by molar-refractivity contribution is -0.131. The van der Waals surface area contributed by atoms with Crippen molar-refractivity contribution in [2.45, 2.75) is 23.9 Å². The number of hydrogen-bond donors (Lipinski definition) is 3. The number of carbonyl (C=O) groups excluding carboxylic acids is 2. The summed E-state index contributed by atoms with van der Waals surface area (Å²) in [6, 6.07) is 10.6. The van der Waals surface area contributed by atoms with Crippen molar-refractivity contribution in [1.29, 1.82) is 5.41 Å². The van der Waals surface area contributed by atoms with E-state index in [2.05, 4.69) is 0 Å². The number of fused-ring (bicyclic) bond motifs is 1. The van der Waals surface area contributed by atoms with Crippen molar-refractivity contribution in [3.8, 4) is 5.75 Å². The molecule has 5 N–H and O–H groups in total. The van der Waals surface area contributed by atoms with Gasteiger partial charge in [-0.2, -0.15) is 4.31 Å². The molecular weight excluding hydrogens is 490 g/mol. The molecule has 1 aliphatic rings. The number of nitrogen functional groups attached to an aromatic ring is 1. The first-order valence-electron chi connectivity index (χ1n) is 10.7. The number of amidine groups is 1. The number of likely N-dealkylation sites (tertiary alicyclic amines) is 1. The third kappa shape index (κ3) is 4.99. The van der Waals surface area contributed by atoms with E-state index in [1.807, 2.05) is 6.07 Å². The molecule has 12 heteroatoms. The summed E-state index contributed by atoms with van der Waals surface area (Å²) in [5, 5.41) is 10.7. The van der Waals surface area contributed by atoms with Crippen LogP contribution in [0.5, 0.6) is 5.75 Å². The van der Waals surface area contributed by atoms with Gasteiger partial charge in [0, 0.05) is 22.4 Å². The molecule has 0 unspecified atom stereocenters. The Morgan fingerprint density at radius 2 is 1.94 bits per heavy atom. The lowest BCUT2D eigenvalue weighted by atomic mass is 10.1. The van der Waals surface area contributed by atoms with Gasteiger partial charge in [0.05, 0.1) is 25.1 Å². The average molecular weight is 516 g/mol. The Morgan fingerprint density at radius 1 is 1.20 bits per heavy atom. The van der Waals surface area contributed by atoms with Gasteiger partial charge in [-0.1, -0.05) is 12.1 Å². The fourth-order valence-electron chi connectivity index (χ4n) is 4.08. The number of rotatable bonds is 9. The highest BCUT2D eigenvalue weighted by atomic mass is 32.2. The van der Waals surface area contributed by atoms with Gasteiger partial charge in [0.1, 0.15) is 17.6 Å². The van der Waals surface area contributed by atoms with Crippen molar-refractivity contribution in [2.75, 3.05) is 20.2 Å². The fraction of sp³-hybridized carbons (Fsp3) is 0.261. The van der Waals surface area contributed by atoms with Gasteiger partial charge < -0.3 is 21.1 Å². The van der Waals surface area contributed by atoms with Crippen molar-refractivity contribution in [2.24, 2.45) is 11.5 Å². The molecule has 2 aromatic carbocycles. The Balaban J connectivity index is 1.63. The van der Waals surface area contributed by atoms with E-state index in [0.717, 1.165) is 14.6 Å². The number of thiophene rings is 1. The van der Waals surface area contributed by atoms with Crippen LogP contribution in [-0.2, 0) is 26.2 Å². The summed E-state index contributed by atoms with van der Waals surface area (Å²) in [6.07, 6.45) is 0.220. The molecule has 10 nitrogen and oxygen atoms in total. The first-order chi connectivity index (χ1) is 16.6. The predicted molar refractivity (Wildman–Crippen MR) is 133 cm³/mol. The molecule has 0 radical (unpaired) electrons. The molecule has 3 aromatic rings. The monoisotopic (exact) mass is 515 g/mol. The molecule has 4 rings (SSSR count). The zero-order chi connectivity index (χ0) is 25.3. The van der Waals surface area contributed by atoms with E-state index in [9.17, 15) is 18.0 Å². The van der Waals surface area contributed by atoms with Gasteiger partial charge in [-0.25, -0.2) is 8.42 Å². The molecule has 0 saturated carbocycles. The standard InChI is InChI=1S/C23H25N5O5S2/c1-33-17-4-2-14-3-5-19(10-15(14)8-17)35(31,32)28(12-21(24)29)20-6-7-27(23(20)30)11-18-9-16(13-34-18)22(25)26/h2-5,8-10,13,20H,6-7,11-12H2,1H3,(H2,24,29)(H3,25,26)/t20-/m0/s1. The number of amides is 2. The van der Waals surface area contributed by atoms with Crippen LogP contribution in [-0.4, -0.2) is 61.5 Å². The van der Waals surface area contributed by atoms with Gasteiger partial charge >= 0.3 is 0 Å². The molecular formula is C23H25N5O5S2. The summed E-state index contributed by atoms with van der Waals surface area (Å²) >= 11 is 1.36. The molecule has 1 aliphatic heterocycles. The first-order valence-corrected chi connectivity index (χ1v) is 13.0. The van der Waals surface area contributed by atoms with E-state index < -0.39 is 34.4 Å². The summed E-state index contributed by atoms with van der Waals surface area (Å²) < 4.78 is 33.4. The van der Waals surface area contributed by atoms with Crippen LogP contribution in [0, 0.1) is 5.41 Å². The molecule has 35 heavy (non-hydrogen) atoms. The molecule has 1 atom stereocenters. The third-order valence-corrected chi connectivity index (χ3v) is 8.64. The van der Waals surface area contributed by atoms with Crippen molar-refractivity contribution >= 4 is 49.8 Å². The number of nitrogens with two attached hydrogens (primary N) is 2. The number of carbonyl (C=O) groups is 2. The predicted octanol–water partition coefficient (Wildman–Crippen LogP) is 1.47. The number of sulfonamides is 1. The molecule has 1 saturated heterocycles. The van der Waals surface area contributed by atoms with Crippen molar-refractivity contribution < 1.29 is 22.7 Å². The molecule has 0 bridgehead atoms. The van der Waals surface area contributed by atoms with Gasteiger partial charge in [0.25, 0.3) is 0 Å². The highest BCUT2D eigenvalue weighted by Crippen LogP contribution is 2.29. The van der Waals surface area contributed by atoms with Crippen molar-refractivity contribution in [3.05, 3.63) is 58.3 Å². The second kappa shape index (κ2) is 9.64. The maximum Gasteiger partial charge on any atom is 0.244 e. The summed E-state index contributed by atoms with van der Waals surface area (Å²) in [6.45, 7) is -0.0414. The minimum Gasteiger partial charge on any atom is -0.497 e. The molecule has 1 aromatic heterocycles. The van der Waals surface area contributed by atoms with Crippen LogP contribution >= 0.6 is 11.3 Å². The second-order valence-corrected chi connectivity index (χ2v) is 11.1. The minimum absolute atomic E-state index is 0.0462. The zero-order valence-corrected chi connectivity index (χ0v) is 20.6. The van der Waals surface area contributed by atoms with Crippen LogP contribution in [0.25, 0.3) is 10.8 Å². The van der Waals surface area contributed by atoms with E-state index in [4.69, 9.17) is 21.6 Å². The highest BCUT2D eigenvalue weighted by molar-refractivity contribution is 7.89. The van der Waals surface area contributed by atoms with Crippen LogP contribution in [0.3, 0.4) is 0 Å². The minimum atomic E-state index is -4.22. The molecule has 184 valence electrons. The Morgan fingerprint density at radius 3 is 2.60 bits per heavy atom. The topological polar surface area (TPSA) is 160 Å².